The third-order valence-corrected chi connectivity index (χ3v) is 5.35. The van der Waals surface area contributed by atoms with Gasteiger partial charge in [-0.1, -0.05) is 19.1 Å². The first kappa shape index (κ1) is 26.8. The Kier molecular flexibility index (Phi) is 8.99. The molecular weight excluding hydrogens is 452 g/mol. The lowest BCUT2D eigenvalue weighted by molar-refractivity contribution is -0.0567. The van der Waals surface area contributed by atoms with Crippen molar-refractivity contribution >= 4 is 0 Å². The number of nitrogens with zero attached hydrogens (tertiary/aromatic N) is 3. The first-order valence-electron chi connectivity index (χ1n) is 11.9. The largest absolute Gasteiger partial charge is 0.435 e. The lowest BCUT2D eigenvalue weighted by Gasteiger charge is -2.27. The highest BCUT2D eigenvalue weighted by atomic mass is 19.1. The molecular formula is C27H35F2N3O3. The summed E-state index contributed by atoms with van der Waals surface area (Å²) in [5.74, 6) is -0.448. The van der Waals surface area contributed by atoms with Crippen LogP contribution >= 0.6 is 0 Å². The van der Waals surface area contributed by atoms with Gasteiger partial charge in [-0.3, -0.25) is 4.90 Å². The Morgan fingerprint density at radius 3 is 2.40 bits per heavy atom. The van der Waals surface area contributed by atoms with Crippen LogP contribution in [-0.4, -0.2) is 51.2 Å². The quantitative estimate of drug-likeness (QED) is 0.379. The van der Waals surface area contributed by atoms with E-state index in [0.29, 0.717) is 30.4 Å². The van der Waals surface area contributed by atoms with Crippen molar-refractivity contribution in [3.63, 3.8) is 0 Å². The Morgan fingerprint density at radius 2 is 1.77 bits per heavy atom. The molecule has 0 fully saturated rings. The maximum absolute atomic E-state index is 14.5. The summed E-state index contributed by atoms with van der Waals surface area (Å²) in [6, 6.07) is 12.0. The Balaban J connectivity index is 1.94. The van der Waals surface area contributed by atoms with Gasteiger partial charge in [-0.2, -0.15) is 5.10 Å². The van der Waals surface area contributed by atoms with Crippen molar-refractivity contribution in [2.24, 2.45) is 0 Å². The van der Waals surface area contributed by atoms with E-state index in [9.17, 15) is 13.9 Å². The zero-order chi connectivity index (χ0) is 25.6. The first-order valence-corrected chi connectivity index (χ1v) is 11.9. The number of halogens is 2. The summed E-state index contributed by atoms with van der Waals surface area (Å²) in [6.07, 6.45) is 0.200. The van der Waals surface area contributed by atoms with Crippen LogP contribution in [0.2, 0.25) is 0 Å². The highest BCUT2D eigenvalue weighted by Gasteiger charge is 2.24. The summed E-state index contributed by atoms with van der Waals surface area (Å²) in [5.41, 5.74) is 1.70. The van der Waals surface area contributed by atoms with E-state index in [2.05, 4.69) is 16.9 Å². The average Bonchev–Trinajstić information content (AvgIpc) is 3.09. The highest BCUT2D eigenvalue weighted by Crippen LogP contribution is 2.33. The summed E-state index contributed by atoms with van der Waals surface area (Å²) >= 11 is 0. The van der Waals surface area contributed by atoms with Gasteiger partial charge >= 0.3 is 0 Å². The number of aromatic nitrogens is 2. The fraction of sp³-hybridized carbons (Fsp3) is 0.444. The van der Waals surface area contributed by atoms with E-state index in [4.69, 9.17) is 9.47 Å². The number of aryl methyl sites for hydroxylation is 1. The van der Waals surface area contributed by atoms with Gasteiger partial charge in [0.05, 0.1) is 35.3 Å². The molecule has 0 saturated heterocycles. The topological polar surface area (TPSA) is 59.8 Å². The third kappa shape index (κ3) is 7.59. The minimum absolute atomic E-state index is 0.0673. The predicted octanol–water partition coefficient (Wildman–Crippen LogP) is 5.64. The fourth-order valence-electron chi connectivity index (χ4n) is 3.69. The van der Waals surface area contributed by atoms with E-state index in [1.54, 1.807) is 35.0 Å². The molecule has 0 amide bonds. The van der Waals surface area contributed by atoms with E-state index in [-0.39, 0.29) is 23.8 Å². The second-order valence-electron chi connectivity index (χ2n) is 9.60. The maximum Gasteiger partial charge on any atom is 0.227 e. The number of rotatable bonds is 11. The minimum atomic E-state index is -0.677. The molecule has 3 aromatic rings. The number of ether oxygens (including phenoxy) is 2. The second kappa shape index (κ2) is 11.7. The Hall–Kier alpha value is -2.81. The molecule has 0 aliphatic rings. The van der Waals surface area contributed by atoms with Crippen LogP contribution in [0.1, 0.15) is 45.4 Å². The van der Waals surface area contributed by atoms with Gasteiger partial charge in [0.1, 0.15) is 5.82 Å². The number of aliphatic hydroxyl groups excluding tert-OH is 1. The molecule has 8 heteroatoms. The average molecular weight is 488 g/mol. The van der Waals surface area contributed by atoms with Gasteiger partial charge in [-0.05, 0) is 77.1 Å². The summed E-state index contributed by atoms with van der Waals surface area (Å²) < 4.78 is 41.4. The van der Waals surface area contributed by atoms with E-state index in [1.165, 1.54) is 18.2 Å². The van der Waals surface area contributed by atoms with Crippen LogP contribution in [0.5, 0.6) is 11.6 Å². The van der Waals surface area contributed by atoms with Gasteiger partial charge in [0.2, 0.25) is 5.88 Å². The van der Waals surface area contributed by atoms with E-state index >= 15 is 0 Å². The molecule has 35 heavy (non-hydrogen) atoms. The van der Waals surface area contributed by atoms with Crippen LogP contribution in [0.3, 0.4) is 0 Å². The van der Waals surface area contributed by atoms with E-state index in [1.807, 2.05) is 27.7 Å². The van der Waals surface area contributed by atoms with Crippen LogP contribution in [0.4, 0.5) is 8.78 Å². The van der Waals surface area contributed by atoms with Crippen LogP contribution in [0.25, 0.3) is 5.69 Å². The number of para-hydroxylation sites is 1. The van der Waals surface area contributed by atoms with Gasteiger partial charge in [0, 0.05) is 13.1 Å². The number of hydrogen-bond donors (Lipinski definition) is 1. The molecule has 0 saturated carbocycles. The molecule has 0 radical (unpaired) electrons. The predicted molar refractivity (Wildman–Crippen MR) is 132 cm³/mol. The lowest BCUT2D eigenvalue weighted by atomic mass is 10.2. The van der Waals surface area contributed by atoms with Crippen molar-refractivity contribution in [2.75, 3.05) is 19.7 Å². The smallest absolute Gasteiger partial charge is 0.227 e. The summed E-state index contributed by atoms with van der Waals surface area (Å²) in [7, 11) is 0. The molecule has 3 rings (SSSR count). The monoisotopic (exact) mass is 487 g/mol. The van der Waals surface area contributed by atoms with Gasteiger partial charge in [0.25, 0.3) is 0 Å². The number of hydrogen-bond acceptors (Lipinski definition) is 5. The Labute approximate surface area is 206 Å². The minimum Gasteiger partial charge on any atom is -0.435 e. The molecule has 1 atom stereocenters. The Bertz CT molecular complexity index is 1090. The van der Waals surface area contributed by atoms with Crippen molar-refractivity contribution in [1.29, 1.82) is 0 Å². The molecule has 0 spiro atoms. The van der Waals surface area contributed by atoms with Crippen molar-refractivity contribution in [2.45, 2.75) is 59.3 Å². The van der Waals surface area contributed by atoms with E-state index < -0.39 is 11.9 Å². The van der Waals surface area contributed by atoms with Gasteiger partial charge in [-0.25, -0.2) is 13.5 Å². The molecule has 0 aliphatic carbocycles. The van der Waals surface area contributed by atoms with Crippen LogP contribution < -0.4 is 4.74 Å². The van der Waals surface area contributed by atoms with Crippen molar-refractivity contribution in [1.82, 2.24) is 14.7 Å². The van der Waals surface area contributed by atoms with Gasteiger partial charge in [0.15, 0.2) is 11.6 Å². The molecule has 6 nitrogen and oxygen atoms in total. The molecule has 0 bridgehead atoms. The van der Waals surface area contributed by atoms with Gasteiger partial charge in [-0.15, -0.1) is 0 Å². The number of benzene rings is 2. The van der Waals surface area contributed by atoms with Crippen molar-refractivity contribution in [3.8, 4) is 17.3 Å². The lowest BCUT2D eigenvalue weighted by Crippen LogP contribution is -2.37. The molecule has 1 aromatic heterocycles. The van der Waals surface area contributed by atoms with Gasteiger partial charge < -0.3 is 14.6 Å². The highest BCUT2D eigenvalue weighted by molar-refractivity contribution is 5.43. The fourth-order valence-corrected chi connectivity index (χ4v) is 3.69. The molecule has 1 heterocycles. The molecule has 2 aromatic carbocycles. The summed E-state index contributed by atoms with van der Waals surface area (Å²) in [4.78, 5) is 2.10. The molecule has 0 unspecified atom stereocenters. The number of aliphatic hydroxyl groups is 1. The molecule has 1 N–H and O–H groups in total. The maximum atomic E-state index is 14.5. The normalized spacial score (nSPS) is 12.8. The van der Waals surface area contributed by atoms with Crippen molar-refractivity contribution < 1.29 is 23.4 Å². The van der Waals surface area contributed by atoms with Crippen LogP contribution in [0.15, 0.2) is 48.5 Å². The zero-order valence-electron chi connectivity index (χ0n) is 21.1. The molecule has 190 valence electrons. The SMILES string of the molecule is CCCN(Cc1c(C)nn(-c2ccc(F)cc2)c1Oc1ccccc1F)C[C@H](O)COC(C)(C)C. The third-order valence-electron chi connectivity index (χ3n) is 5.35. The zero-order valence-corrected chi connectivity index (χ0v) is 21.1. The van der Waals surface area contributed by atoms with Crippen LogP contribution in [0, 0.1) is 18.6 Å². The Morgan fingerprint density at radius 1 is 1.09 bits per heavy atom. The summed E-state index contributed by atoms with van der Waals surface area (Å²) in [5, 5.41) is 15.2. The summed E-state index contributed by atoms with van der Waals surface area (Å²) in [6.45, 7) is 11.5. The van der Waals surface area contributed by atoms with E-state index in [0.717, 1.165) is 18.5 Å². The second-order valence-corrected chi connectivity index (χ2v) is 9.60. The van der Waals surface area contributed by atoms with Crippen LogP contribution in [-0.2, 0) is 11.3 Å². The standard InChI is InChI=1S/C27H35F2N3O3/c1-6-15-31(16-22(33)18-34-27(3,4)5)17-23-19(2)30-32(21-13-11-20(28)12-14-21)26(23)35-25-10-8-7-9-24(25)29/h7-14,22,33H,6,15-18H2,1-5H3/t22-/m0/s1. The first-order chi connectivity index (χ1) is 16.6. The molecule has 0 aliphatic heterocycles. The van der Waals surface area contributed by atoms with Crippen molar-refractivity contribution in [3.05, 3.63) is 71.4 Å².